The zero-order chi connectivity index (χ0) is 10.8. The van der Waals surface area contributed by atoms with Gasteiger partial charge in [-0.3, -0.25) is 14.2 Å². The maximum absolute atomic E-state index is 11.0. The van der Waals surface area contributed by atoms with Gasteiger partial charge in [0.2, 0.25) is 5.91 Å². The number of hydrogen-bond acceptors (Lipinski definition) is 3. The fraction of sp³-hybridized carbons (Fsp3) is 0.857. The van der Waals surface area contributed by atoms with Gasteiger partial charge in [0, 0.05) is 6.54 Å². The van der Waals surface area contributed by atoms with Crippen molar-refractivity contribution in [1.82, 2.24) is 5.06 Å². The van der Waals surface area contributed by atoms with Gasteiger partial charge in [0.15, 0.2) is 0 Å². The lowest BCUT2D eigenvalue weighted by molar-refractivity contribution is -0.161. The molecule has 1 saturated heterocycles. The number of rotatable bonds is 4. The molecule has 1 atom stereocenters. The summed E-state index contributed by atoms with van der Waals surface area (Å²) in [5, 5.41) is 1.17. The van der Waals surface area contributed by atoms with Crippen LogP contribution in [-0.2, 0) is 14.2 Å². The third-order valence-corrected chi connectivity index (χ3v) is 3.57. The zero-order valence-electron chi connectivity index (χ0n) is 7.92. The highest BCUT2D eigenvalue weighted by Crippen LogP contribution is 2.42. The van der Waals surface area contributed by atoms with Crippen LogP contribution in [0.1, 0.15) is 19.8 Å². The number of carbonyl (C=O) groups excluding carboxylic acids is 1. The molecule has 2 N–H and O–H groups in total. The average molecular weight is 223 g/mol. The minimum Gasteiger partial charge on any atom is -0.324 e. The standard InChI is InChI=1S/C7H14NO5P/c1-6(14(10,11)12)2-4-8-7(9)3-5-13-8/h6H,2-5H2,1H3,(H2,10,11,12). The van der Waals surface area contributed by atoms with Gasteiger partial charge in [-0.25, -0.2) is 5.06 Å². The van der Waals surface area contributed by atoms with E-state index in [2.05, 4.69) is 0 Å². The molecule has 1 aliphatic heterocycles. The SMILES string of the molecule is CC(CCN1OCCC1=O)P(=O)(O)O. The summed E-state index contributed by atoms with van der Waals surface area (Å²) in [6.45, 7) is 2.07. The van der Waals surface area contributed by atoms with Gasteiger partial charge in [0.05, 0.1) is 18.7 Å². The van der Waals surface area contributed by atoms with Crippen molar-refractivity contribution in [3.63, 3.8) is 0 Å². The number of carbonyl (C=O) groups is 1. The Labute approximate surface area is 82.0 Å². The van der Waals surface area contributed by atoms with Crippen LogP contribution in [0.4, 0.5) is 0 Å². The van der Waals surface area contributed by atoms with Crippen molar-refractivity contribution >= 4 is 13.5 Å². The molecule has 0 aliphatic carbocycles. The Bertz CT molecular complexity index is 261. The van der Waals surface area contributed by atoms with E-state index < -0.39 is 13.3 Å². The van der Waals surface area contributed by atoms with Crippen molar-refractivity contribution in [1.29, 1.82) is 0 Å². The molecule has 0 radical (unpaired) electrons. The van der Waals surface area contributed by atoms with Crippen LogP contribution in [0.2, 0.25) is 0 Å². The third kappa shape index (κ3) is 3.06. The van der Waals surface area contributed by atoms with E-state index in [1.54, 1.807) is 0 Å². The molecule has 1 unspecified atom stereocenters. The molecule has 0 spiro atoms. The number of amides is 1. The maximum atomic E-state index is 11.0. The van der Waals surface area contributed by atoms with E-state index in [1.807, 2.05) is 0 Å². The van der Waals surface area contributed by atoms with E-state index in [9.17, 15) is 9.36 Å². The summed E-state index contributed by atoms with van der Waals surface area (Å²) < 4.78 is 10.8. The molecule has 82 valence electrons. The topological polar surface area (TPSA) is 87.1 Å². The van der Waals surface area contributed by atoms with Gasteiger partial charge < -0.3 is 9.79 Å². The maximum Gasteiger partial charge on any atom is 0.328 e. The molecule has 0 aromatic carbocycles. The molecule has 1 fully saturated rings. The van der Waals surface area contributed by atoms with Gasteiger partial charge in [-0.05, 0) is 6.42 Å². The molecule has 1 heterocycles. The van der Waals surface area contributed by atoms with Crippen LogP contribution in [0.5, 0.6) is 0 Å². The fourth-order valence-electron chi connectivity index (χ4n) is 1.10. The fourth-order valence-corrected chi connectivity index (χ4v) is 1.55. The van der Waals surface area contributed by atoms with Crippen molar-refractivity contribution < 1.29 is 24.0 Å². The highest BCUT2D eigenvalue weighted by molar-refractivity contribution is 7.52. The Morgan fingerprint density at radius 3 is 2.71 bits per heavy atom. The van der Waals surface area contributed by atoms with Crippen molar-refractivity contribution in [2.75, 3.05) is 13.2 Å². The van der Waals surface area contributed by atoms with E-state index >= 15 is 0 Å². The van der Waals surface area contributed by atoms with Gasteiger partial charge in [0.1, 0.15) is 0 Å². The zero-order valence-corrected chi connectivity index (χ0v) is 8.81. The molecular weight excluding hydrogens is 209 g/mol. The average Bonchev–Trinajstić information content (AvgIpc) is 2.45. The first-order valence-electron chi connectivity index (χ1n) is 4.40. The van der Waals surface area contributed by atoms with Crippen molar-refractivity contribution in [3.05, 3.63) is 0 Å². The molecule has 0 aromatic heterocycles. The number of hydroxylamine groups is 2. The van der Waals surface area contributed by atoms with Crippen molar-refractivity contribution in [3.8, 4) is 0 Å². The Kier molecular flexibility index (Phi) is 3.66. The summed E-state index contributed by atoms with van der Waals surface area (Å²) in [5.74, 6) is -0.122. The lowest BCUT2D eigenvalue weighted by Gasteiger charge is -2.17. The normalized spacial score (nSPS) is 20.2. The summed E-state index contributed by atoms with van der Waals surface area (Å²) in [4.78, 5) is 33.6. The number of hydrogen-bond donors (Lipinski definition) is 2. The summed E-state index contributed by atoms with van der Waals surface area (Å²) in [7, 11) is -4.03. The molecule has 1 rings (SSSR count). The highest BCUT2D eigenvalue weighted by atomic mass is 31.2. The first-order chi connectivity index (χ1) is 6.41. The van der Waals surface area contributed by atoms with E-state index in [1.165, 1.54) is 12.0 Å². The summed E-state index contributed by atoms with van der Waals surface area (Å²) in [5.41, 5.74) is -0.737. The Morgan fingerprint density at radius 2 is 2.29 bits per heavy atom. The Balaban J connectivity index is 2.33. The van der Waals surface area contributed by atoms with Crippen LogP contribution in [0.25, 0.3) is 0 Å². The van der Waals surface area contributed by atoms with Gasteiger partial charge in [-0.1, -0.05) is 6.92 Å². The molecule has 0 saturated carbocycles. The molecule has 0 aromatic rings. The lowest BCUT2D eigenvalue weighted by Crippen LogP contribution is -2.26. The van der Waals surface area contributed by atoms with E-state index in [-0.39, 0.29) is 18.9 Å². The van der Waals surface area contributed by atoms with Crippen LogP contribution in [0, 0.1) is 0 Å². The van der Waals surface area contributed by atoms with Crippen LogP contribution in [-0.4, -0.2) is 39.6 Å². The minimum absolute atomic E-state index is 0.122. The summed E-state index contributed by atoms with van der Waals surface area (Å²) >= 11 is 0. The second-order valence-electron chi connectivity index (χ2n) is 3.31. The largest absolute Gasteiger partial charge is 0.328 e. The first-order valence-corrected chi connectivity index (χ1v) is 6.08. The van der Waals surface area contributed by atoms with Crippen molar-refractivity contribution in [2.45, 2.75) is 25.4 Å². The first kappa shape index (κ1) is 11.7. The van der Waals surface area contributed by atoms with E-state index in [0.29, 0.717) is 13.0 Å². The molecule has 14 heavy (non-hydrogen) atoms. The molecule has 1 amide bonds. The van der Waals surface area contributed by atoms with Gasteiger partial charge in [-0.15, -0.1) is 0 Å². The molecule has 1 aliphatic rings. The molecule has 6 nitrogen and oxygen atoms in total. The second-order valence-corrected chi connectivity index (χ2v) is 5.37. The summed E-state index contributed by atoms with van der Waals surface area (Å²) in [6, 6.07) is 0. The highest BCUT2D eigenvalue weighted by Gasteiger charge is 2.27. The van der Waals surface area contributed by atoms with Crippen LogP contribution in [0.3, 0.4) is 0 Å². The predicted octanol–water partition coefficient (Wildman–Crippen LogP) is 0.107. The lowest BCUT2D eigenvalue weighted by atomic mass is 10.3. The quantitative estimate of drug-likeness (QED) is 0.660. The van der Waals surface area contributed by atoms with Crippen molar-refractivity contribution in [2.24, 2.45) is 0 Å². The van der Waals surface area contributed by atoms with Gasteiger partial charge >= 0.3 is 7.60 Å². The minimum atomic E-state index is -4.03. The van der Waals surface area contributed by atoms with E-state index in [0.717, 1.165) is 0 Å². The number of nitrogens with zero attached hydrogens (tertiary/aromatic N) is 1. The van der Waals surface area contributed by atoms with Crippen LogP contribution < -0.4 is 0 Å². The second kappa shape index (κ2) is 4.40. The van der Waals surface area contributed by atoms with Crippen LogP contribution in [0.15, 0.2) is 0 Å². The monoisotopic (exact) mass is 223 g/mol. The summed E-state index contributed by atoms with van der Waals surface area (Å²) in [6.07, 6.45) is 0.598. The van der Waals surface area contributed by atoms with Gasteiger partial charge in [0.25, 0.3) is 0 Å². The molecule has 0 bridgehead atoms. The molecular formula is C7H14NO5P. The predicted molar refractivity (Wildman–Crippen MR) is 48.4 cm³/mol. The van der Waals surface area contributed by atoms with Crippen LogP contribution >= 0.6 is 7.60 Å². The Morgan fingerprint density at radius 1 is 1.64 bits per heavy atom. The third-order valence-electron chi connectivity index (χ3n) is 2.17. The smallest absolute Gasteiger partial charge is 0.324 e. The van der Waals surface area contributed by atoms with E-state index in [4.69, 9.17) is 14.6 Å². The van der Waals surface area contributed by atoms with Gasteiger partial charge in [-0.2, -0.15) is 0 Å². The molecule has 7 heteroatoms. The Hall–Kier alpha value is -0.420.